The lowest BCUT2D eigenvalue weighted by Crippen LogP contribution is -2.40. The second-order valence-electron chi connectivity index (χ2n) is 6.15. The third-order valence-corrected chi connectivity index (χ3v) is 5.14. The molecule has 0 aromatic heterocycles. The number of likely N-dealkylation sites (N-methyl/N-ethyl adjacent to an activating group) is 1. The van der Waals surface area contributed by atoms with E-state index in [1.54, 1.807) is 23.7 Å². The van der Waals surface area contributed by atoms with Crippen LogP contribution in [-0.4, -0.2) is 36.6 Å². The minimum absolute atomic E-state index is 0.0378. The lowest BCUT2D eigenvalue weighted by molar-refractivity contribution is -0.133. The molecule has 1 aromatic carbocycles. The fraction of sp³-hybridized carbons (Fsp3) is 0.556. The molecule has 4 nitrogen and oxygen atoms in total. The molecule has 0 aliphatic heterocycles. The molecule has 2 amide bonds. The van der Waals surface area contributed by atoms with Crippen molar-refractivity contribution in [3.63, 3.8) is 0 Å². The van der Waals surface area contributed by atoms with Crippen LogP contribution in [0.2, 0.25) is 0 Å². The number of hydrogen-bond acceptors (Lipinski definition) is 3. The van der Waals surface area contributed by atoms with Crippen LogP contribution in [0.5, 0.6) is 0 Å². The summed E-state index contributed by atoms with van der Waals surface area (Å²) in [6.45, 7) is 0.654. The van der Waals surface area contributed by atoms with Gasteiger partial charge < -0.3 is 10.2 Å². The molecule has 0 bridgehead atoms. The summed E-state index contributed by atoms with van der Waals surface area (Å²) in [6, 6.07) is 8.19. The van der Waals surface area contributed by atoms with Crippen LogP contribution < -0.4 is 5.32 Å². The first-order valence-electron chi connectivity index (χ1n) is 8.24. The standard InChI is InChI=1S/C18H26N2O2S/c1-20(13-14-8-10-16(23-2)11-9-14)17(21)12-19-18(22)15-6-4-3-5-7-15/h8-11,15H,3-7,12-13H2,1-2H3,(H,19,22). The van der Waals surface area contributed by atoms with E-state index in [-0.39, 0.29) is 24.3 Å². The van der Waals surface area contributed by atoms with Gasteiger partial charge in [-0.1, -0.05) is 31.4 Å². The molecule has 1 aromatic rings. The maximum Gasteiger partial charge on any atom is 0.242 e. The molecule has 0 atom stereocenters. The van der Waals surface area contributed by atoms with Crippen LogP contribution in [0.15, 0.2) is 29.2 Å². The zero-order chi connectivity index (χ0) is 16.7. The number of thioether (sulfide) groups is 1. The topological polar surface area (TPSA) is 49.4 Å². The average molecular weight is 334 g/mol. The number of nitrogens with zero attached hydrogens (tertiary/aromatic N) is 1. The van der Waals surface area contributed by atoms with Gasteiger partial charge >= 0.3 is 0 Å². The highest BCUT2D eigenvalue weighted by Crippen LogP contribution is 2.23. The van der Waals surface area contributed by atoms with Crippen molar-refractivity contribution in [2.24, 2.45) is 5.92 Å². The van der Waals surface area contributed by atoms with Crippen molar-refractivity contribution in [3.05, 3.63) is 29.8 Å². The van der Waals surface area contributed by atoms with Gasteiger partial charge in [-0.25, -0.2) is 0 Å². The normalized spacial score (nSPS) is 15.2. The van der Waals surface area contributed by atoms with Gasteiger partial charge in [-0.05, 0) is 36.8 Å². The molecule has 1 fully saturated rings. The van der Waals surface area contributed by atoms with Crippen molar-refractivity contribution in [1.29, 1.82) is 0 Å². The summed E-state index contributed by atoms with van der Waals surface area (Å²) in [6.07, 6.45) is 7.42. The molecule has 5 heteroatoms. The molecular formula is C18H26N2O2S. The quantitative estimate of drug-likeness (QED) is 0.814. The summed E-state index contributed by atoms with van der Waals surface area (Å²) in [5.41, 5.74) is 1.09. The van der Waals surface area contributed by atoms with Crippen molar-refractivity contribution in [2.75, 3.05) is 19.8 Å². The SMILES string of the molecule is CSc1ccc(CN(C)C(=O)CNC(=O)C2CCCCC2)cc1. The Hall–Kier alpha value is -1.49. The van der Waals surface area contributed by atoms with Gasteiger partial charge in [0.25, 0.3) is 0 Å². The van der Waals surface area contributed by atoms with Crippen molar-refractivity contribution < 1.29 is 9.59 Å². The Morgan fingerprint density at radius 1 is 1.17 bits per heavy atom. The molecule has 1 aliphatic carbocycles. The zero-order valence-electron chi connectivity index (χ0n) is 14.0. The molecule has 0 heterocycles. The molecule has 126 valence electrons. The molecule has 0 radical (unpaired) electrons. The van der Waals surface area contributed by atoms with Gasteiger partial charge in [0.05, 0.1) is 6.54 Å². The molecule has 0 unspecified atom stereocenters. The van der Waals surface area contributed by atoms with Crippen molar-refractivity contribution in [3.8, 4) is 0 Å². The number of hydrogen-bond donors (Lipinski definition) is 1. The van der Waals surface area contributed by atoms with Crippen LogP contribution in [0.25, 0.3) is 0 Å². The maximum atomic E-state index is 12.2. The summed E-state index contributed by atoms with van der Waals surface area (Å²) < 4.78 is 0. The molecule has 1 aliphatic rings. The number of carbonyl (C=O) groups excluding carboxylic acids is 2. The summed E-state index contributed by atoms with van der Waals surface area (Å²) >= 11 is 1.70. The van der Waals surface area contributed by atoms with Crippen LogP contribution in [0.4, 0.5) is 0 Å². The molecule has 1 N–H and O–H groups in total. The van der Waals surface area contributed by atoms with E-state index >= 15 is 0 Å². The van der Waals surface area contributed by atoms with Gasteiger partial charge in [0.1, 0.15) is 0 Å². The van der Waals surface area contributed by atoms with Crippen molar-refractivity contribution >= 4 is 23.6 Å². The van der Waals surface area contributed by atoms with Crippen LogP contribution in [0, 0.1) is 5.92 Å². The summed E-state index contributed by atoms with van der Waals surface area (Å²) in [5, 5.41) is 2.80. The van der Waals surface area contributed by atoms with Crippen LogP contribution in [-0.2, 0) is 16.1 Å². The molecule has 0 saturated heterocycles. The van der Waals surface area contributed by atoms with Crippen LogP contribution in [0.3, 0.4) is 0 Å². The monoisotopic (exact) mass is 334 g/mol. The number of amides is 2. The molecule has 0 spiro atoms. The Balaban J connectivity index is 1.76. The zero-order valence-corrected chi connectivity index (χ0v) is 14.8. The Morgan fingerprint density at radius 3 is 2.43 bits per heavy atom. The first-order chi connectivity index (χ1) is 11.1. The second kappa shape index (κ2) is 8.96. The van der Waals surface area contributed by atoms with E-state index in [0.717, 1.165) is 31.2 Å². The number of nitrogens with one attached hydrogen (secondary N) is 1. The number of carbonyl (C=O) groups is 2. The predicted molar refractivity (Wildman–Crippen MR) is 94.3 cm³/mol. The third kappa shape index (κ3) is 5.57. The van der Waals surface area contributed by atoms with E-state index in [1.165, 1.54) is 11.3 Å². The van der Waals surface area contributed by atoms with Crippen LogP contribution >= 0.6 is 11.8 Å². The number of rotatable bonds is 6. The Labute approximate surface area is 143 Å². The molecule has 2 rings (SSSR count). The van der Waals surface area contributed by atoms with E-state index in [9.17, 15) is 9.59 Å². The molecule has 23 heavy (non-hydrogen) atoms. The highest BCUT2D eigenvalue weighted by Gasteiger charge is 2.21. The highest BCUT2D eigenvalue weighted by atomic mass is 32.2. The minimum Gasteiger partial charge on any atom is -0.347 e. The van der Waals surface area contributed by atoms with E-state index in [2.05, 4.69) is 17.4 Å². The fourth-order valence-electron chi connectivity index (χ4n) is 2.90. The van der Waals surface area contributed by atoms with E-state index in [0.29, 0.717) is 6.54 Å². The Kier molecular flexibility index (Phi) is 6.96. The molecule has 1 saturated carbocycles. The van der Waals surface area contributed by atoms with Crippen LogP contribution in [0.1, 0.15) is 37.7 Å². The lowest BCUT2D eigenvalue weighted by Gasteiger charge is -2.22. The highest BCUT2D eigenvalue weighted by molar-refractivity contribution is 7.98. The van der Waals surface area contributed by atoms with E-state index < -0.39 is 0 Å². The Morgan fingerprint density at radius 2 is 1.83 bits per heavy atom. The van der Waals surface area contributed by atoms with Gasteiger partial charge in [0.2, 0.25) is 11.8 Å². The second-order valence-corrected chi connectivity index (χ2v) is 7.03. The van der Waals surface area contributed by atoms with Crippen molar-refractivity contribution in [2.45, 2.75) is 43.5 Å². The summed E-state index contributed by atoms with van der Waals surface area (Å²) in [5.74, 6) is 0.0832. The predicted octanol–water partition coefficient (Wildman–Crippen LogP) is 3.06. The number of benzene rings is 1. The summed E-state index contributed by atoms with van der Waals surface area (Å²) in [7, 11) is 1.78. The van der Waals surface area contributed by atoms with Crippen molar-refractivity contribution in [1.82, 2.24) is 10.2 Å². The first kappa shape index (κ1) is 17.9. The van der Waals surface area contributed by atoms with Gasteiger partial charge in [-0.2, -0.15) is 0 Å². The third-order valence-electron chi connectivity index (χ3n) is 4.39. The first-order valence-corrected chi connectivity index (χ1v) is 9.47. The van der Waals surface area contributed by atoms with E-state index in [1.807, 2.05) is 18.4 Å². The summed E-state index contributed by atoms with van der Waals surface area (Å²) in [4.78, 5) is 27.1. The smallest absolute Gasteiger partial charge is 0.242 e. The average Bonchev–Trinajstić information content (AvgIpc) is 2.60. The van der Waals surface area contributed by atoms with Gasteiger partial charge in [0, 0.05) is 24.4 Å². The molecular weight excluding hydrogens is 308 g/mol. The fourth-order valence-corrected chi connectivity index (χ4v) is 3.31. The van der Waals surface area contributed by atoms with Gasteiger partial charge in [-0.15, -0.1) is 11.8 Å². The largest absolute Gasteiger partial charge is 0.347 e. The Bertz CT molecular complexity index is 524. The maximum absolute atomic E-state index is 12.2. The van der Waals surface area contributed by atoms with Gasteiger partial charge in [0.15, 0.2) is 0 Å². The minimum atomic E-state index is -0.0527. The van der Waals surface area contributed by atoms with Gasteiger partial charge in [-0.3, -0.25) is 9.59 Å². The van der Waals surface area contributed by atoms with E-state index in [4.69, 9.17) is 0 Å². The lowest BCUT2D eigenvalue weighted by atomic mass is 9.89.